The maximum Gasteiger partial charge on any atom is 0.338 e. The molecule has 0 spiro atoms. The van der Waals surface area contributed by atoms with E-state index in [0.29, 0.717) is 17.9 Å². The third-order valence-corrected chi connectivity index (χ3v) is 2.95. The van der Waals surface area contributed by atoms with Crippen molar-refractivity contribution in [1.82, 2.24) is 0 Å². The van der Waals surface area contributed by atoms with Gasteiger partial charge in [-0.3, -0.25) is 0 Å². The van der Waals surface area contributed by atoms with Gasteiger partial charge in [0.25, 0.3) is 0 Å². The van der Waals surface area contributed by atoms with Gasteiger partial charge >= 0.3 is 5.97 Å². The summed E-state index contributed by atoms with van der Waals surface area (Å²) in [4.78, 5) is 10.7. The highest BCUT2D eigenvalue weighted by Gasteiger charge is 2.18. The fourth-order valence-corrected chi connectivity index (χ4v) is 1.89. The van der Waals surface area contributed by atoms with Crippen molar-refractivity contribution in [3.8, 4) is 16.9 Å². The fourth-order valence-electron chi connectivity index (χ4n) is 1.89. The lowest BCUT2D eigenvalue weighted by Gasteiger charge is -2.08. The first-order valence-corrected chi connectivity index (χ1v) is 6.49. The molecular weight excluding hydrogens is 278 g/mol. The molecule has 2 aromatic rings. The number of hydrogen-bond acceptors (Lipinski definition) is 2. The molecule has 0 radical (unpaired) electrons. The zero-order chi connectivity index (χ0) is 15.4. The van der Waals surface area contributed by atoms with Crippen LogP contribution in [0.1, 0.15) is 23.7 Å². The molecule has 1 N–H and O–H groups in total. The molecule has 0 saturated heterocycles. The van der Waals surface area contributed by atoms with E-state index >= 15 is 0 Å². The van der Waals surface area contributed by atoms with E-state index in [4.69, 9.17) is 9.84 Å². The van der Waals surface area contributed by atoms with Crippen molar-refractivity contribution in [2.45, 2.75) is 13.3 Å². The first kappa shape index (κ1) is 15.0. The number of rotatable bonds is 5. The molecule has 0 heterocycles. The summed E-state index contributed by atoms with van der Waals surface area (Å²) in [5.74, 6) is -3.38. The highest BCUT2D eigenvalue weighted by atomic mass is 19.2. The normalized spacial score (nSPS) is 10.4. The number of carbonyl (C=O) groups is 1. The second kappa shape index (κ2) is 6.35. The van der Waals surface area contributed by atoms with Gasteiger partial charge in [-0.15, -0.1) is 0 Å². The summed E-state index contributed by atoms with van der Waals surface area (Å²) in [6.07, 6.45) is 0.873. The SMILES string of the molecule is CCCOc1ccc(-c2ccc(C(=O)O)c(F)c2F)cc1. The molecule has 0 aliphatic carbocycles. The molecule has 110 valence electrons. The maximum atomic E-state index is 13.9. The summed E-state index contributed by atoms with van der Waals surface area (Å²) in [5, 5.41) is 8.75. The average molecular weight is 292 g/mol. The Morgan fingerprint density at radius 3 is 2.33 bits per heavy atom. The van der Waals surface area contributed by atoms with Crippen molar-refractivity contribution in [2.75, 3.05) is 6.61 Å². The molecule has 0 aliphatic heterocycles. The van der Waals surface area contributed by atoms with Crippen molar-refractivity contribution >= 4 is 5.97 Å². The third kappa shape index (κ3) is 3.18. The Labute approximate surface area is 120 Å². The third-order valence-electron chi connectivity index (χ3n) is 2.95. The fraction of sp³-hybridized carbons (Fsp3) is 0.188. The highest BCUT2D eigenvalue weighted by Crippen LogP contribution is 2.28. The topological polar surface area (TPSA) is 46.5 Å². The summed E-state index contributed by atoms with van der Waals surface area (Å²) in [6.45, 7) is 2.56. The molecule has 0 saturated carbocycles. The monoisotopic (exact) mass is 292 g/mol. The smallest absolute Gasteiger partial charge is 0.338 e. The van der Waals surface area contributed by atoms with Crippen LogP contribution in [0.2, 0.25) is 0 Å². The summed E-state index contributed by atoms with van der Waals surface area (Å²) >= 11 is 0. The molecule has 2 rings (SSSR count). The van der Waals surface area contributed by atoms with Crippen molar-refractivity contribution in [3.05, 3.63) is 53.6 Å². The van der Waals surface area contributed by atoms with Gasteiger partial charge in [0.05, 0.1) is 12.2 Å². The van der Waals surface area contributed by atoms with Crippen LogP contribution in [-0.2, 0) is 0 Å². The molecule has 0 atom stereocenters. The van der Waals surface area contributed by atoms with Gasteiger partial charge in [0.2, 0.25) is 0 Å². The molecule has 0 amide bonds. The Morgan fingerprint density at radius 2 is 1.76 bits per heavy atom. The van der Waals surface area contributed by atoms with E-state index < -0.39 is 23.2 Å². The lowest BCUT2D eigenvalue weighted by Crippen LogP contribution is -2.03. The molecule has 0 bridgehead atoms. The predicted octanol–water partition coefficient (Wildman–Crippen LogP) is 4.12. The number of benzene rings is 2. The van der Waals surface area contributed by atoms with Crippen LogP contribution in [0.15, 0.2) is 36.4 Å². The van der Waals surface area contributed by atoms with Crippen molar-refractivity contribution < 1.29 is 23.4 Å². The zero-order valence-electron chi connectivity index (χ0n) is 11.4. The van der Waals surface area contributed by atoms with Gasteiger partial charge in [-0.1, -0.05) is 25.1 Å². The number of halogens is 2. The number of aromatic carboxylic acids is 1. The number of carboxylic acid groups (broad SMARTS) is 1. The van der Waals surface area contributed by atoms with E-state index in [-0.39, 0.29) is 5.56 Å². The van der Waals surface area contributed by atoms with Gasteiger partial charge in [-0.05, 0) is 30.2 Å². The van der Waals surface area contributed by atoms with Crippen LogP contribution in [0.25, 0.3) is 11.1 Å². The van der Waals surface area contributed by atoms with E-state index in [0.717, 1.165) is 12.5 Å². The lowest BCUT2D eigenvalue weighted by atomic mass is 10.0. The molecule has 0 fully saturated rings. The minimum absolute atomic E-state index is 0.0135. The molecule has 2 aromatic carbocycles. The summed E-state index contributed by atoms with van der Waals surface area (Å²) < 4.78 is 33.0. The van der Waals surface area contributed by atoms with E-state index in [1.165, 1.54) is 6.07 Å². The first-order chi connectivity index (χ1) is 10.0. The molecule has 0 aromatic heterocycles. The quantitative estimate of drug-likeness (QED) is 0.901. The molecule has 5 heteroatoms. The van der Waals surface area contributed by atoms with E-state index in [1.54, 1.807) is 24.3 Å². The number of hydrogen-bond donors (Lipinski definition) is 1. The van der Waals surface area contributed by atoms with E-state index in [1.807, 2.05) is 6.92 Å². The van der Waals surface area contributed by atoms with Crippen LogP contribution < -0.4 is 4.74 Å². The molecular formula is C16H14F2O3. The van der Waals surface area contributed by atoms with E-state index in [2.05, 4.69) is 0 Å². The van der Waals surface area contributed by atoms with Gasteiger partial charge in [-0.25, -0.2) is 13.6 Å². The highest BCUT2D eigenvalue weighted by molar-refractivity contribution is 5.88. The molecule has 21 heavy (non-hydrogen) atoms. The predicted molar refractivity (Wildman–Crippen MR) is 74.5 cm³/mol. The summed E-state index contributed by atoms with van der Waals surface area (Å²) in [5.41, 5.74) is -0.217. The van der Waals surface area contributed by atoms with Crippen LogP contribution in [0, 0.1) is 11.6 Å². The number of carboxylic acids is 1. The van der Waals surface area contributed by atoms with Gasteiger partial charge in [0, 0.05) is 5.56 Å². The second-order valence-electron chi connectivity index (χ2n) is 4.47. The summed E-state index contributed by atoms with van der Waals surface area (Å²) in [7, 11) is 0. The van der Waals surface area contributed by atoms with Gasteiger partial charge in [0.15, 0.2) is 11.6 Å². The minimum Gasteiger partial charge on any atom is -0.494 e. The second-order valence-corrected chi connectivity index (χ2v) is 4.47. The lowest BCUT2D eigenvalue weighted by molar-refractivity contribution is 0.0690. The Morgan fingerprint density at radius 1 is 1.10 bits per heavy atom. The molecule has 0 unspecified atom stereocenters. The summed E-state index contributed by atoms with van der Waals surface area (Å²) in [6, 6.07) is 8.83. The van der Waals surface area contributed by atoms with Crippen molar-refractivity contribution in [3.63, 3.8) is 0 Å². The van der Waals surface area contributed by atoms with Crippen molar-refractivity contribution in [1.29, 1.82) is 0 Å². The molecule has 0 aliphatic rings. The Hall–Kier alpha value is -2.43. The van der Waals surface area contributed by atoms with Crippen LogP contribution in [-0.4, -0.2) is 17.7 Å². The van der Waals surface area contributed by atoms with E-state index in [9.17, 15) is 13.6 Å². The average Bonchev–Trinajstić information content (AvgIpc) is 2.48. The number of ether oxygens (including phenoxy) is 1. The Kier molecular flexibility index (Phi) is 4.52. The Balaban J connectivity index is 2.34. The minimum atomic E-state index is -1.50. The molecule has 3 nitrogen and oxygen atoms in total. The Bertz CT molecular complexity index is 651. The largest absolute Gasteiger partial charge is 0.494 e. The van der Waals surface area contributed by atoms with Crippen LogP contribution in [0.5, 0.6) is 5.75 Å². The van der Waals surface area contributed by atoms with Crippen LogP contribution >= 0.6 is 0 Å². The van der Waals surface area contributed by atoms with Crippen LogP contribution in [0.3, 0.4) is 0 Å². The van der Waals surface area contributed by atoms with Gasteiger partial charge < -0.3 is 9.84 Å². The van der Waals surface area contributed by atoms with Crippen molar-refractivity contribution in [2.24, 2.45) is 0 Å². The standard InChI is InChI=1S/C16H14F2O3/c1-2-9-21-11-5-3-10(4-6-11)12-7-8-13(16(19)20)15(18)14(12)17/h3-8H,2,9H2,1H3,(H,19,20). The maximum absolute atomic E-state index is 13.9. The van der Waals surface area contributed by atoms with Gasteiger partial charge in [-0.2, -0.15) is 0 Å². The first-order valence-electron chi connectivity index (χ1n) is 6.49. The van der Waals surface area contributed by atoms with Crippen LogP contribution in [0.4, 0.5) is 8.78 Å². The van der Waals surface area contributed by atoms with Gasteiger partial charge in [0.1, 0.15) is 5.75 Å². The zero-order valence-corrected chi connectivity index (χ0v) is 11.4.